The summed E-state index contributed by atoms with van der Waals surface area (Å²) in [6.07, 6.45) is 2.82. The van der Waals surface area contributed by atoms with Crippen LogP contribution in [0.5, 0.6) is 0 Å². The molecule has 0 aliphatic carbocycles. The molecule has 1 aromatic carbocycles. The number of sulfonamides is 1. The van der Waals surface area contributed by atoms with Crippen LogP contribution in [-0.2, 0) is 21.4 Å². The Hall–Kier alpha value is -1.41. The molecule has 2 aliphatic heterocycles. The first-order valence-electron chi connectivity index (χ1n) is 8.28. The van der Waals surface area contributed by atoms with E-state index in [0.717, 1.165) is 17.9 Å². The molecule has 0 saturated carbocycles. The molecule has 2 aliphatic rings. The summed E-state index contributed by atoms with van der Waals surface area (Å²) >= 11 is 1.84. The van der Waals surface area contributed by atoms with E-state index >= 15 is 0 Å². The number of pyridine rings is 1. The van der Waals surface area contributed by atoms with E-state index in [0.29, 0.717) is 24.6 Å². The molecule has 2 saturated heterocycles. The molecule has 0 bridgehead atoms. The average molecular weight is 377 g/mol. The highest BCUT2D eigenvalue weighted by Crippen LogP contribution is 2.47. The van der Waals surface area contributed by atoms with Crippen molar-refractivity contribution in [3.63, 3.8) is 0 Å². The largest absolute Gasteiger partial charge is 0.371 e. The van der Waals surface area contributed by atoms with Gasteiger partial charge >= 0.3 is 0 Å². The first kappa shape index (κ1) is 17.0. The third-order valence-electron chi connectivity index (χ3n) is 4.68. The molecule has 0 radical (unpaired) electrons. The van der Waals surface area contributed by atoms with Crippen molar-refractivity contribution in [2.24, 2.45) is 0 Å². The molecular weight excluding hydrogens is 356 g/mol. The van der Waals surface area contributed by atoms with E-state index in [1.807, 2.05) is 36.0 Å². The zero-order valence-electron chi connectivity index (χ0n) is 13.7. The van der Waals surface area contributed by atoms with Crippen molar-refractivity contribution >= 4 is 21.8 Å². The summed E-state index contributed by atoms with van der Waals surface area (Å²) in [4.78, 5) is 4.64. The summed E-state index contributed by atoms with van der Waals surface area (Å²) in [5.41, 5.74) is 0.926. The van der Waals surface area contributed by atoms with Crippen LogP contribution < -0.4 is 0 Å². The van der Waals surface area contributed by atoms with Crippen molar-refractivity contribution in [2.75, 3.05) is 18.8 Å². The fourth-order valence-electron chi connectivity index (χ4n) is 3.32. The van der Waals surface area contributed by atoms with Gasteiger partial charge in [0.05, 0.1) is 23.3 Å². The second kappa shape index (κ2) is 6.72. The van der Waals surface area contributed by atoms with Crippen LogP contribution in [0.4, 0.5) is 0 Å². The highest BCUT2D eigenvalue weighted by molar-refractivity contribution is 8.01. The van der Waals surface area contributed by atoms with Crippen LogP contribution in [0.3, 0.4) is 0 Å². The minimum Gasteiger partial charge on any atom is -0.371 e. The molecule has 2 aromatic rings. The molecule has 3 heterocycles. The van der Waals surface area contributed by atoms with Gasteiger partial charge in [0.15, 0.2) is 0 Å². The van der Waals surface area contributed by atoms with Crippen LogP contribution in [0, 0.1) is 0 Å². The van der Waals surface area contributed by atoms with E-state index < -0.39 is 10.0 Å². The van der Waals surface area contributed by atoms with Crippen LogP contribution in [0.15, 0.2) is 59.6 Å². The van der Waals surface area contributed by atoms with Gasteiger partial charge in [-0.1, -0.05) is 24.3 Å². The zero-order valence-corrected chi connectivity index (χ0v) is 15.4. The normalized spacial score (nSPS) is 22.8. The van der Waals surface area contributed by atoms with Gasteiger partial charge in [-0.15, -0.1) is 11.8 Å². The molecule has 25 heavy (non-hydrogen) atoms. The van der Waals surface area contributed by atoms with Crippen molar-refractivity contribution in [3.8, 4) is 0 Å². The number of benzene rings is 1. The third kappa shape index (κ3) is 3.46. The number of hydrogen-bond acceptors (Lipinski definition) is 5. The third-order valence-corrected chi connectivity index (χ3v) is 8.06. The smallest absolute Gasteiger partial charge is 0.243 e. The van der Waals surface area contributed by atoms with Crippen molar-refractivity contribution < 1.29 is 13.2 Å². The molecule has 132 valence electrons. The van der Waals surface area contributed by atoms with E-state index in [1.54, 1.807) is 34.8 Å². The fourth-order valence-corrected chi connectivity index (χ4v) is 6.67. The molecule has 1 aromatic heterocycles. The van der Waals surface area contributed by atoms with Gasteiger partial charge in [-0.05, 0) is 30.7 Å². The Morgan fingerprint density at radius 3 is 2.64 bits per heavy atom. The Morgan fingerprint density at radius 2 is 1.92 bits per heavy atom. The maximum absolute atomic E-state index is 12.6. The molecule has 4 rings (SSSR count). The highest BCUT2D eigenvalue weighted by Gasteiger charge is 2.53. The predicted octanol–water partition coefficient (Wildman–Crippen LogP) is 2.55. The Kier molecular flexibility index (Phi) is 4.58. The van der Waals surface area contributed by atoms with Crippen molar-refractivity contribution in [1.82, 2.24) is 9.29 Å². The number of hydrogen-bond donors (Lipinski definition) is 0. The maximum Gasteiger partial charge on any atom is 0.243 e. The summed E-state index contributed by atoms with van der Waals surface area (Å²) in [5.74, 6) is 0.909. The first-order valence-corrected chi connectivity index (χ1v) is 10.7. The van der Waals surface area contributed by atoms with E-state index in [1.165, 1.54) is 0 Å². The van der Waals surface area contributed by atoms with Gasteiger partial charge in [0.2, 0.25) is 10.0 Å². The zero-order chi connectivity index (χ0) is 17.3. The summed E-state index contributed by atoms with van der Waals surface area (Å²) in [7, 11) is -3.37. The lowest BCUT2D eigenvalue weighted by atomic mass is 9.95. The fraction of sp³-hybridized carbons (Fsp3) is 0.389. The van der Waals surface area contributed by atoms with Gasteiger partial charge in [-0.25, -0.2) is 8.42 Å². The number of thioether (sulfide) groups is 1. The summed E-state index contributed by atoms with van der Waals surface area (Å²) < 4.78 is 32.8. The van der Waals surface area contributed by atoms with Crippen LogP contribution in [0.1, 0.15) is 12.1 Å². The van der Waals surface area contributed by atoms with Gasteiger partial charge in [0.25, 0.3) is 0 Å². The highest BCUT2D eigenvalue weighted by atomic mass is 32.2. The minimum absolute atomic E-state index is 0.0105. The molecule has 1 spiro atoms. The van der Waals surface area contributed by atoms with Crippen LogP contribution in [-0.4, -0.2) is 47.4 Å². The maximum atomic E-state index is 12.6. The lowest BCUT2D eigenvalue weighted by Crippen LogP contribution is -2.60. The van der Waals surface area contributed by atoms with E-state index in [9.17, 15) is 8.42 Å². The number of aromatic nitrogens is 1. The summed E-state index contributed by atoms with van der Waals surface area (Å²) in [5, 5.41) is 0. The molecule has 5 nitrogen and oxygen atoms in total. The quantitative estimate of drug-likeness (QED) is 0.803. The SMILES string of the molecule is O=S(=O)(c1ccccc1)N1CC2(C[C@H](OCc3ccccn3)CS2)C1. The van der Waals surface area contributed by atoms with Gasteiger partial charge in [-0.2, -0.15) is 4.31 Å². The number of nitrogens with zero attached hydrogens (tertiary/aromatic N) is 2. The van der Waals surface area contributed by atoms with Gasteiger partial charge in [0, 0.05) is 29.8 Å². The average Bonchev–Trinajstić information content (AvgIpc) is 3.05. The van der Waals surface area contributed by atoms with Crippen molar-refractivity contribution in [1.29, 1.82) is 0 Å². The molecule has 1 atom stereocenters. The first-order chi connectivity index (χ1) is 12.1. The molecule has 2 fully saturated rings. The number of ether oxygens (including phenoxy) is 1. The summed E-state index contributed by atoms with van der Waals surface area (Å²) in [6, 6.07) is 14.4. The Bertz CT molecular complexity index is 822. The lowest BCUT2D eigenvalue weighted by Gasteiger charge is -2.46. The Labute approximate surface area is 152 Å². The van der Waals surface area contributed by atoms with Crippen molar-refractivity contribution in [2.45, 2.75) is 28.8 Å². The van der Waals surface area contributed by atoms with Crippen LogP contribution in [0.2, 0.25) is 0 Å². The molecular formula is C18H20N2O3S2. The Morgan fingerprint density at radius 1 is 1.16 bits per heavy atom. The molecule has 0 unspecified atom stereocenters. The molecule has 0 amide bonds. The predicted molar refractivity (Wildman–Crippen MR) is 97.8 cm³/mol. The van der Waals surface area contributed by atoms with Crippen molar-refractivity contribution in [3.05, 3.63) is 60.4 Å². The van der Waals surface area contributed by atoms with E-state index in [2.05, 4.69) is 4.98 Å². The monoisotopic (exact) mass is 376 g/mol. The standard InChI is InChI=1S/C18H20N2O3S2/c21-25(22,17-7-2-1-3-8-17)20-13-18(14-20)10-16(12-24-18)23-11-15-6-4-5-9-19-15/h1-9,16H,10-14H2/t16-/m0/s1. The second-order valence-electron chi connectivity index (χ2n) is 6.54. The molecule has 7 heteroatoms. The second-order valence-corrected chi connectivity index (χ2v) is 9.96. The minimum atomic E-state index is -3.37. The Balaban J connectivity index is 1.33. The molecule has 0 N–H and O–H groups in total. The van der Waals surface area contributed by atoms with Gasteiger partial charge in [0.1, 0.15) is 0 Å². The van der Waals surface area contributed by atoms with Crippen LogP contribution in [0.25, 0.3) is 0 Å². The topological polar surface area (TPSA) is 59.5 Å². The van der Waals surface area contributed by atoms with Gasteiger partial charge < -0.3 is 4.74 Å². The number of rotatable bonds is 5. The van der Waals surface area contributed by atoms with Gasteiger partial charge in [-0.3, -0.25) is 4.98 Å². The van der Waals surface area contributed by atoms with E-state index in [-0.39, 0.29) is 10.9 Å². The van der Waals surface area contributed by atoms with E-state index in [4.69, 9.17) is 4.74 Å². The summed E-state index contributed by atoms with van der Waals surface area (Å²) in [6.45, 7) is 1.64. The lowest BCUT2D eigenvalue weighted by molar-refractivity contribution is 0.0380. The van der Waals surface area contributed by atoms with Crippen LogP contribution >= 0.6 is 11.8 Å².